The topological polar surface area (TPSA) is 12.5 Å². The lowest BCUT2D eigenvalue weighted by molar-refractivity contribution is -0.0168. The minimum atomic E-state index is 0.447. The van der Waals surface area contributed by atoms with Gasteiger partial charge >= 0.3 is 0 Å². The highest BCUT2D eigenvalue weighted by Gasteiger charge is 2.11. The highest BCUT2D eigenvalue weighted by atomic mass is 32.2. The molecule has 0 aromatic heterocycles. The van der Waals surface area contributed by atoms with Gasteiger partial charge in [0.25, 0.3) is 0 Å². The number of thioether (sulfide) groups is 1. The van der Waals surface area contributed by atoms with E-state index in [0.717, 1.165) is 12.5 Å². The first-order chi connectivity index (χ1) is 9.78. The van der Waals surface area contributed by atoms with Crippen LogP contribution in [-0.2, 0) is 4.74 Å². The fraction of sp³-hybridized carbons (Fsp3) is 1.00. The number of ether oxygens (including phenoxy) is 1. The van der Waals surface area contributed by atoms with Crippen LogP contribution in [0.15, 0.2) is 0 Å². The summed E-state index contributed by atoms with van der Waals surface area (Å²) >= 11 is 2.05. The molecule has 0 aliphatic heterocycles. The first-order valence-electron chi connectivity index (χ1n) is 8.70. The van der Waals surface area contributed by atoms with Crippen molar-refractivity contribution in [2.75, 3.05) is 31.3 Å². The molecule has 0 saturated carbocycles. The Morgan fingerprint density at radius 1 is 0.900 bits per heavy atom. The van der Waals surface area contributed by atoms with Crippen LogP contribution in [0.1, 0.15) is 72.6 Å². The van der Waals surface area contributed by atoms with Crippen molar-refractivity contribution in [2.45, 2.75) is 78.7 Å². The molecule has 0 bridgehead atoms. The van der Waals surface area contributed by atoms with Crippen LogP contribution in [0.5, 0.6) is 0 Å². The number of rotatable bonds is 15. The second-order valence-corrected chi connectivity index (χ2v) is 6.76. The summed E-state index contributed by atoms with van der Waals surface area (Å²) in [6.07, 6.45) is 9.26. The Morgan fingerprint density at radius 2 is 1.55 bits per heavy atom. The van der Waals surface area contributed by atoms with Gasteiger partial charge in [-0.05, 0) is 31.4 Å². The summed E-state index contributed by atoms with van der Waals surface area (Å²) < 4.78 is 6.19. The van der Waals surface area contributed by atoms with E-state index in [-0.39, 0.29) is 0 Å². The minimum Gasteiger partial charge on any atom is -0.362 e. The summed E-state index contributed by atoms with van der Waals surface area (Å²) in [7, 11) is 0. The molecule has 2 nitrogen and oxygen atoms in total. The number of hydrogen-bond donors (Lipinski definition) is 0. The van der Waals surface area contributed by atoms with Gasteiger partial charge in [-0.3, -0.25) is 4.90 Å². The van der Waals surface area contributed by atoms with Gasteiger partial charge in [-0.1, -0.05) is 47.0 Å². The molecule has 1 atom stereocenters. The van der Waals surface area contributed by atoms with E-state index in [4.69, 9.17) is 4.74 Å². The molecule has 0 aliphatic rings. The summed E-state index contributed by atoms with van der Waals surface area (Å²) in [6.45, 7) is 12.2. The smallest absolute Gasteiger partial charge is 0.0994 e. The Balaban J connectivity index is 4.00. The molecule has 0 rings (SSSR count). The van der Waals surface area contributed by atoms with E-state index in [1.807, 2.05) is 11.8 Å². The van der Waals surface area contributed by atoms with Gasteiger partial charge in [-0.15, -0.1) is 0 Å². The van der Waals surface area contributed by atoms with Crippen molar-refractivity contribution in [3.05, 3.63) is 0 Å². The molecule has 0 saturated heterocycles. The molecule has 0 fully saturated rings. The molecule has 0 amide bonds. The first kappa shape index (κ1) is 20.3. The van der Waals surface area contributed by atoms with Crippen LogP contribution < -0.4 is 0 Å². The predicted molar refractivity (Wildman–Crippen MR) is 93.7 cm³/mol. The molecular formula is C17H37NOS. The van der Waals surface area contributed by atoms with Crippen LogP contribution in [-0.4, -0.2) is 42.3 Å². The van der Waals surface area contributed by atoms with E-state index in [0.29, 0.717) is 6.10 Å². The highest BCUT2D eigenvalue weighted by Crippen LogP contribution is 2.13. The van der Waals surface area contributed by atoms with Gasteiger partial charge in [0, 0.05) is 18.8 Å². The Labute approximate surface area is 132 Å². The van der Waals surface area contributed by atoms with Crippen LogP contribution >= 0.6 is 11.8 Å². The molecule has 3 heteroatoms. The van der Waals surface area contributed by atoms with Crippen molar-refractivity contribution >= 4 is 11.8 Å². The molecule has 0 spiro atoms. The maximum absolute atomic E-state index is 6.19. The Morgan fingerprint density at radius 3 is 2.05 bits per heavy atom. The molecule has 1 unspecified atom stereocenters. The van der Waals surface area contributed by atoms with Crippen LogP contribution in [0.25, 0.3) is 0 Å². The van der Waals surface area contributed by atoms with Crippen molar-refractivity contribution in [2.24, 2.45) is 0 Å². The lowest BCUT2D eigenvalue weighted by Crippen LogP contribution is -2.32. The van der Waals surface area contributed by atoms with Gasteiger partial charge in [0.05, 0.1) is 12.8 Å². The molecule has 0 radical (unpaired) electrons. The fourth-order valence-corrected chi connectivity index (χ4v) is 3.09. The molecule has 0 aromatic rings. The Kier molecular flexibility index (Phi) is 15.9. The SMILES string of the molecule is CCCCN(CCCC)COC(CCC)CSCCC. The van der Waals surface area contributed by atoms with Crippen LogP contribution in [0.2, 0.25) is 0 Å². The van der Waals surface area contributed by atoms with Gasteiger partial charge < -0.3 is 4.74 Å². The summed E-state index contributed by atoms with van der Waals surface area (Å²) in [5.74, 6) is 2.43. The van der Waals surface area contributed by atoms with E-state index < -0.39 is 0 Å². The lowest BCUT2D eigenvalue weighted by Gasteiger charge is -2.25. The lowest BCUT2D eigenvalue weighted by atomic mass is 10.2. The molecule has 0 aromatic carbocycles. The van der Waals surface area contributed by atoms with Crippen LogP contribution in [0, 0.1) is 0 Å². The fourth-order valence-electron chi connectivity index (χ4n) is 2.11. The average Bonchev–Trinajstić information content (AvgIpc) is 2.46. The monoisotopic (exact) mass is 303 g/mol. The molecule has 0 heterocycles. The van der Waals surface area contributed by atoms with Gasteiger partial charge in [-0.25, -0.2) is 0 Å². The molecule has 122 valence electrons. The minimum absolute atomic E-state index is 0.447. The quantitative estimate of drug-likeness (QED) is 0.306. The summed E-state index contributed by atoms with van der Waals surface area (Å²) in [4.78, 5) is 2.50. The number of nitrogens with zero attached hydrogens (tertiary/aromatic N) is 1. The van der Waals surface area contributed by atoms with Crippen LogP contribution in [0.3, 0.4) is 0 Å². The Hall–Kier alpha value is 0.270. The number of unbranched alkanes of at least 4 members (excludes halogenated alkanes) is 2. The Bertz CT molecular complexity index is 182. The largest absolute Gasteiger partial charge is 0.362 e. The third-order valence-corrected chi connectivity index (χ3v) is 4.72. The second kappa shape index (κ2) is 15.7. The normalized spacial score (nSPS) is 13.1. The maximum Gasteiger partial charge on any atom is 0.0994 e. The van der Waals surface area contributed by atoms with Crippen LogP contribution in [0.4, 0.5) is 0 Å². The molecular weight excluding hydrogens is 266 g/mol. The zero-order valence-corrected chi connectivity index (χ0v) is 15.1. The summed E-state index contributed by atoms with van der Waals surface area (Å²) in [6, 6.07) is 0. The van der Waals surface area contributed by atoms with Crippen molar-refractivity contribution in [3.63, 3.8) is 0 Å². The van der Waals surface area contributed by atoms with E-state index in [9.17, 15) is 0 Å². The maximum atomic E-state index is 6.19. The molecule has 0 N–H and O–H groups in total. The van der Waals surface area contributed by atoms with Crippen molar-refractivity contribution in [1.29, 1.82) is 0 Å². The first-order valence-corrected chi connectivity index (χ1v) is 9.85. The van der Waals surface area contributed by atoms with Gasteiger partial charge in [0.2, 0.25) is 0 Å². The van der Waals surface area contributed by atoms with Gasteiger partial charge in [0.1, 0.15) is 0 Å². The third kappa shape index (κ3) is 12.0. The van der Waals surface area contributed by atoms with Crippen molar-refractivity contribution in [3.8, 4) is 0 Å². The zero-order valence-electron chi connectivity index (χ0n) is 14.3. The van der Waals surface area contributed by atoms with E-state index in [2.05, 4.69) is 32.6 Å². The van der Waals surface area contributed by atoms with E-state index in [1.165, 1.54) is 63.8 Å². The van der Waals surface area contributed by atoms with Crippen molar-refractivity contribution < 1.29 is 4.74 Å². The summed E-state index contributed by atoms with van der Waals surface area (Å²) in [5, 5.41) is 0. The highest BCUT2D eigenvalue weighted by molar-refractivity contribution is 7.99. The molecule has 0 aliphatic carbocycles. The summed E-state index contributed by atoms with van der Waals surface area (Å²) in [5.41, 5.74) is 0. The van der Waals surface area contributed by atoms with Crippen molar-refractivity contribution in [1.82, 2.24) is 4.90 Å². The standard InChI is InChI=1S/C17H37NOS/c1-5-9-12-18(13-10-6-2)16-19-17(11-7-3)15-20-14-8-4/h17H,5-16H2,1-4H3. The van der Waals surface area contributed by atoms with Gasteiger partial charge in [-0.2, -0.15) is 11.8 Å². The van der Waals surface area contributed by atoms with E-state index in [1.54, 1.807) is 0 Å². The van der Waals surface area contributed by atoms with E-state index >= 15 is 0 Å². The third-order valence-electron chi connectivity index (χ3n) is 3.41. The molecule has 20 heavy (non-hydrogen) atoms. The predicted octanol–water partition coefficient (Wildman–Crippen LogP) is 5.17. The average molecular weight is 304 g/mol. The second-order valence-electron chi connectivity index (χ2n) is 5.61. The van der Waals surface area contributed by atoms with Gasteiger partial charge in [0.15, 0.2) is 0 Å². The number of hydrogen-bond acceptors (Lipinski definition) is 3. The zero-order chi connectivity index (χ0) is 15.1.